The third kappa shape index (κ3) is 4.03. The Hall–Kier alpha value is -0.399. The molecule has 2 rings (SSSR count). The minimum Gasteiger partial charge on any atom is -0.445 e. The van der Waals surface area contributed by atoms with Crippen molar-refractivity contribution in [3.63, 3.8) is 0 Å². The van der Waals surface area contributed by atoms with Crippen LogP contribution in [0, 0.1) is 0 Å². The molecule has 0 fully saturated rings. The summed E-state index contributed by atoms with van der Waals surface area (Å²) in [7, 11) is 0. The first kappa shape index (κ1) is 16.7. The molecule has 0 N–H and O–H groups in total. The fraction of sp³-hybridized carbons (Fsp3) is 0. The van der Waals surface area contributed by atoms with Crippen molar-refractivity contribution in [3.05, 3.63) is 65.7 Å². The molecule has 0 saturated carbocycles. The molecule has 0 aromatic heterocycles. The van der Waals surface area contributed by atoms with Crippen molar-refractivity contribution in [1.82, 2.24) is 0 Å². The quantitative estimate of drug-likeness (QED) is 0.573. The zero-order chi connectivity index (χ0) is 13.2. The van der Waals surface area contributed by atoms with E-state index in [0.29, 0.717) is 0 Å². The van der Waals surface area contributed by atoms with Gasteiger partial charge in [0, 0.05) is 5.56 Å². The summed E-state index contributed by atoms with van der Waals surface area (Å²) in [4.78, 5) is 12.0. The molecule has 6 heteroatoms. The molecule has 0 radical (unpaired) electrons. The van der Waals surface area contributed by atoms with Crippen molar-refractivity contribution in [2.75, 3.05) is 0 Å². The molecule has 0 aliphatic rings. The van der Waals surface area contributed by atoms with E-state index in [9.17, 15) is 17.7 Å². The Labute approximate surface area is 151 Å². The third-order valence-electron chi connectivity index (χ3n) is 2.59. The molecule has 1 nitrogen and oxygen atoms in total. The van der Waals surface area contributed by atoms with Gasteiger partial charge in [0.15, 0.2) is 5.78 Å². The predicted molar refractivity (Wildman–Crippen MR) is 65.0 cm³/mol. The van der Waals surface area contributed by atoms with Crippen LogP contribution in [0.1, 0.15) is 15.9 Å². The molecule has 0 unspecified atom stereocenters. The third-order valence-corrected chi connectivity index (χ3v) is 2.59. The fourth-order valence-electron chi connectivity index (χ4n) is 1.73. The van der Waals surface area contributed by atoms with Crippen LogP contribution in [-0.2, 0) is 0 Å². The Bertz CT molecular complexity index is 570. The van der Waals surface area contributed by atoms with Gasteiger partial charge in [0.1, 0.15) is 0 Å². The maximum absolute atomic E-state index is 12.8. The summed E-state index contributed by atoms with van der Waals surface area (Å²) in [6.45, 7) is -5.19. The molecule has 0 heterocycles. The number of benzene rings is 2. The summed E-state index contributed by atoms with van der Waals surface area (Å²) >= 11 is 0. The number of ketones is 1. The molecule has 0 spiro atoms. The molecule has 92 valence electrons. The number of carbonyl (C=O) groups is 1. The second-order valence-electron chi connectivity index (χ2n) is 3.86. The average molecular weight is 288 g/mol. The zero-order valence-electron chi connectivity index (χ0n) is 10.3. The Morgan fingerprint density at radius 2 is 1.37 bits per heavy atom. The van der Waals surface area contributed by atoms with E-state index in [4.69, 9.17) is 0 Å². The normalized spacial score (nSPS) is 10.7. The molecule has 2 aromatic rings. The number of halogens is 3. The van der Waals surface area contributed by atoms with E-state index in [1.165, 1.54) is 30.3 Å². The van der Waals surface area contributed by atoms with Crippen LogP contribution in [0.25, 0.3) is 0 Å². The molecule has 2 aromatic carbocycles. The van der Waals surface area contributed by atoms with Gasteiger partial charge in [-0.2, -0.15) is 0 Å². The van der Waals surface area contributed by atoms with Gasteiger partial charge in [-0.05, 0) is 5.56 Å². The van der Waals surface area contributed by atoms with E-state index in [-0.39, 0.29) is 62.5 Å². The van der Waals surface area contributed by atoms with Crippen LogP contribution in [0.15, 0.2) is 54.6 Å². The first-order valence-corrected chi connectivity index (χ1v) is 5.39. The maximum atomic E-state index is 12.8. The van der Waals surface area contributed by atoms with Gasteiger partial charge < -0.3 is 12.9 Å². The standard InChI is InChI=1S/C13H9BF3O.K/c15-14(16,17)12-9-5-4-8-11(12)13(18)10-6-2-1-3-7-10;/h1-9H;/q-1;+1. The summed E-state index contributed by atoms with van der Waals surface area (Å²) in [5.74, 6) is -0.606. The van der Waals surface area contributed by atoms with Crippen LogP contribution < -0.4 is 56.8 Å². The van der Waals surface area contributed by atoms with Crippen LogP contribution in [0.5, 0.6) is 0 Å². The van der Waals surface area contributed by atoms with Gasteiger partial charge in [0.05, 0.1) is 0 Å². The minimum atomic E-state index is -5.19. The molecular weight excluding hydrogens is 279 g/mol. The van der Waals surface area contributed by atoms with Gasteiger partial charge in [-0.15, -0.1) is 0 Å². The van der Waals surface area contributed by atoms with E-state index in [2.05, 4.69) is 0 Å². The van der Waals surface area contributed by atoms with E-state index in [1.54, 1.807) is 18.2 Å². The zero-order valence-corrected chi connectivity index (χ0v) is 13.4. The molecule has 0 bridgehead atoms. The smallest absolute Gasteiger partial charge is 0.445 e. The van der Waals surface area contributed by atoms with Crippen LogP contribution >= 0.6 is 0 Å². The Morgan fingerprint density at radius 1 is 0.842 bits per heavy atom. The van der Waals surface area contributed by atoms with Gasteiger partial charge in [-0.25, -0.2) is 0 Å². The van der Waals surface area contributed by atoms with Gasteiger partial charge in [-0.1, -0.05) is 60.1 Å². The second-order valence-corrected chi connectivity index (χ2v) is 3.86. The molecular formula is C13H9BF3KO. The minimum absolute atomic E-state index is 0. The molecule has 0 aliphatic heterocycles. The van der Waals surface area contributed by atoms with Crippen LogP contribution in [0.3, 0.4) is 0 Å². The Morgan fingerprint density at radius 3 is 1.95 bits per heavy atom. The Kier molecular flexibility index (Phi) is 6.01. The van der Waals surface area contributed by atoms with Gasteiger partial charge >= 0.3 is 58.4 Å². The first-order chi connectivity index (χ1) is 8.50. The van der Waals surface area contributed by atoms with Crippen molar-refractivity contribution in [2.24, 2.45) is 0 Å². The average Bonchev–Trinajstić information content (AvgIpc) is 2.38. The van der Waals surface area contributed by atoms with E-state index in [0.717, 1.165) is 6.07 Å². The number of hydrogen-bond acceptors (Lipinski definition) is 1. The van der Waals surface area contributed by atoms with E-state index >= 15 is 0 Å². The summed E-state index contributed by atoms with van der Waals surface area (Å²) in [5, 5.41) is 0. The van der Waals surface area contributed by atoms with Crippen molar-refractivity contribution in [3.8, 4) is 0 Å². The molecule has 0 saturated heterocycles. The van der Waals surface area contributed by atoms with Crippen molar-refractivity contribution in [2.45, 2.75) is 0 Å². The van der Waals surface area contributed by atoms with Crippen LogP contribution in [0.2, 0.25) is 0 Å². The molecule has 19 heavy (non-hydrogen) atoms. The van der Waals surface area contributed by atoms with E-state index < -0.39 is 18.2 Å². The van der Waals surface area contributed by atoms with Gasteiger partial charge in [0.2, 0.25) is 0 Å². The van der Waals surface area contributed by atoms with Crippen LogP contribution in [-0.4, -0.2) is 12.8 Å². The number of rotatable bonds is 3. The fourth-order valence-corrected chi connectivity index (χ4v) is 1.73. The molecule has 0 amide bonds. The predicted octanol–water partition coefficient (Wildman–Crippen LogP) is -0.0240. The number of carbonyl (C=O) groups excluding carboxylic acids is 1. The molecule has 0 atom stereocenters. The van der Waals surface area contributed by atoms with Crippen molar-refractivity contribution < 1.29 is 69.1 Å². The Balaban J connectivity index is 0.00000180. The van der Waals surface area contributed by atoms with Gasteiger partial charge in [-0.3, -0.25) is 4.79 Å². The van der Waals surface area contributed by atoms with Crippen LogP contribution in [0.4, 0.5) is 12.9 Å². The maximum Gasteiger partial charge on any atom is 1.00 e. The molecule has 0 aliphatic carbocycles. The SMILES string of the molecule is O=C(c1ccccc1)c1ccccc1[B-](F)(F)F.[K+]. The largest absolute Gasteiger partial charge is 1.00 e. The van der Waals surface area contributed by atoms with Crippen molar-refractivity contribution in [1.29, 1.82) is 0 Å². The van der Waals surface area contributed by atoms with Crippen molar-refractivity contribution >= 4 is 18.2 Å². The van der Waals surface area contributed by atoms with Gasteiger partial charge in [0.25, 0.3) is 0 Å². The monoisotopic (exact) mass is 288 g/mol. The second kappa shape index (κ2) is 6.86. The van der Waals surface area contributed by atoms with E-state index in [1.807, 2.05) is 0 Å². The topological polar surface area (TPSA) is 17.1 Å². The summed E-state index contributed by atoms with van der Waals surface area (Å²) in [6, 6.07) is 12.8. The summed E-state index contributed by atoms with van der Waals surface area (Å²) in [6.07, 6.45) is 0. The number of hydrogen-bond donors (Lipinski definition) is 0. The first-order valence-electron chi connectivity index (χ1n) is 5.39. The summed E-state index contributed by atoms with van der Waals surface area (Å²) < 4.78 is 38.5. The summed E-state index contributed by atoms with van der Waals surface area (Å²) in [5.41, 5.74) is -0.882.